The van der Waals surface area contributed by atoms with Gasteiger partial charge in [-0.2, -0.15) is 0 Å². The molecule has 3 fully saturated rings. The lowest BCUT2D eigenvalue weighted by Gasteiger charge is -2.58. The molecule has 4 aliphatic rings. The first kappa shape index (κ1) is 27.3. The summed E-state index contributed by atoms with van der Waals surface area (Å²) in [6.45, 7) is 18.5. The van der Waals surface area contributed by atoms with E-state index in [0.29, 0.717) is 10.8 Å². The third kappa shape index (κ3) is 5.16. The smallest absolute Gasteiger partial charge is 0.311 e. The molecular weight excluding hydrogens is 428 g/mol. The molecule has 0 N–H and O–H groups in total. The fourth-order valence-corrected chi connectivity index (χ4v) is 9.23. The molecule has 0 aliphatic heterocycles. The van der Waals surface area contributed by atoms with Crippen molar-refractivity contribution in [3.63, 3.8) is 0 Å². The molecule has 4 aliphatic carbocycles. The summed E-state index contributed by atoms with van der Waals surface area (Å²) in [5, 5.41) is 0. The van der Waals surface area contributed by atoms with Crippen LogP contribution in [0.2, 0.25) is 0 Å². The Morgan fingerprint density at radius 2 is 1.80 bits per heavy atom. The van der Waals surface area contributed by atoms with Crippen molar-refractivity contribution < 1.29 is 9.53 Å². The van der Waals surface area contributed by atoms with E-state index in [1.54, 1.807) is 5.57 Å². The van der Waals surface area contributed by atoms with Gasteiger partial charge in [0.2, 0.25) is 0 Å². The van der Waals surface area contributed by atoms with Crippen LogP contribution >= 0.6 is 0 Å². The van der Waals surface area contributed by atoms with E-state index < -0.39 is 5.41 Å². The highest BCUT2D eigenvalue weighted by molar-refractivity contribution is 5.75. The molecular formula is C33H56O2. The molecule has 0 saturated heterocycles. The summed E-state index contributed by atoms with van der Waals surface area (Å²) in [7, 11) is 0. The summed E-state index contributed by atoms with van der Waals surface area (Å²) in [4.78, 5) is 12.5. The van der Waals surface area contributed by atoms with E-state index in [9.17, 15) is 4.79 Å². The molecule has 0 radical (unpaired) electrons. The second-order valence-corrected chi connectivity index (χ2v) is 14.9. The van der Waals surface area contributed by atoms with Crippen LogP contribution in [0.15, 0.2) is 11.6 Å². The van der Waals surface area contributed by atoms with E-state index in [1.165, 1.54) is 64.2 Å². The molecule has 0 aromatic rings. The van der Waals surface area contributed by atoms with Crippen LogP contribution in [0.25, 0.3) is 0 Å². The minimum atomic E-state index is -0.412. The minimum Gasteiger partial charge on any atom is -0.462 e. The van der Waals surface area contributed by atoms with Gasteiger partial charge in [0.1, 0.15) is 6.10 Å². The highest BCUT2D eigenvalue weighted by atomic mass is 16.5. The van der Waals surface area contributed by atoms with Gasteiger partial charge in [-0.1, -0.05) is 72.0 Å². The van der Waals surface area contributed by atoms with Gasteiger partial charge in [0.15, 0.2) is 0 Å². The molecule has 9 atom stereocenters. The number of ether oxygens (including phenoxy) is 1. The average Bonchev–Trinajstić information content (AvgIpc) is 3.15. The van der Waals surface area contributed by atoms with Crippen molar-refractivity contribution in [1.29, 1.82) is 0 Å². The van der Waals surface area contributed by atoms with Crippen molar-refractivity contribution in [2.75, 3.05) is 0 Å². The molecule has 9 unspecified atom stereocenters. The Bertz CT molecular complexity index is 789. The van der Waals surface area contributed by atoms with Crippen molar-refractivity contribution >= 4 is 5.97 Å². The maximum atomic E-state index is 12.5. The highest BCUT2D eigenvalue weighted by Crippen LogP contribution is 2.67. The van der Waals surface area contributed by atoms with Gasteiger partial charge >= 0.3 is 5.97 Å². The maximum absolute atomic E-state index is 12.5. The van der Waals surface area contributed by atoms with Crippen molar-refractivity contribution in [1.82, 2.24) is 0 Å². The fourth-order valence-electron chi connectivity index (χ4n) is 9.23. The minimum absolute atomic E-state index is 0.0379. The molecule has 0 amide bonds. The van der Waals surface area contributed by atoms with Crippen molar-refractivity contribution in [3.05, 3.63) is 11.6 Å². The second-order valence-electron chi connectivity index (χ2n) is 14.9. The lowest BCUT2D eigenvalue weighted by Crippen LogP contribution is -2.51. The summed E-state index contributed by atoms with van der Waals surface area (Å²) in [6, 6.07) is 0. The van der Waals surface area contributed by atoms with Gasteiger partial charge in [-0.05, 0) is 112 Å². The van der Waals surface area contributed by atoms with E-state index in [0.717, 1.165) is 48.3 Å². The third-order valence-corrected chi connectivity index (χ3v) is 11.8. The summed E-state index contributed by atoms with van der Waals surface area (Å²) in [5.74, 6) is 5.27. The summed E-state index contributed by atoms with van der Waals surface area (Å²) >= 11 is 0. The zero-order valence-corrected chi connectivity index (χ0v) is 24.4. The Balaban J connectivity index is 1.42. The lowest BCUT2D eigenvalue weighted by atomic mass is 9.47. The van der Waals surface area contributed by atoms with Crippen LogP contribution in [0.5, 0.6) is 0 Å². The molecule has 0 aromatic heterocycles. The zero-order chi connectivity index (χ0) is 25.6. The van der Waals surface area contributed by atoms with Crippen molar-refractivity contribution in [2.45, 2.75) is 139 Å². The van der Waals surface area contributed by atoms with Crippen LogP contribution in [-0.4, -0.2) is 12.1 Å². The Morgan fingerprint density at radius 3 is 2.49 bits per heavy atom. The molecule has 4 rings (SSSR count). The van der Waals surface area contributed by atoms with E-state index in [4.69, 9.17) is 4.74 Å². The highest BCUT2D eigenvalue weighted by Gasteiger charge is 2.59. The van der Waals surface area contributed by atoms with Gasteiger partial charge in [0.05, 0.1) is 5.41 Å². The number of hydrogen-bond donors (Lipinski definition) is 0. The van der Waals surface area contributed by atoms with Gasteiger partial charge in [-0.25, -0.2) is 0 Å². The molecule has 0 spiro atoms. The predicted octanol–water partition coefficient (Wildman–Crippen LogP) is 9.38. The maximum Gasteiger partial charge on any atom is 0.311 e. The standard InChI is InChI=1S/C33H56O2/c1-9-22(2)11-10-12-23(3)27-15-16-28-26-14-13-24-21-25(35-30(34)31(4,5)6)17-19-32(24,7)29(26)18-20-33(27,28)8/h13,22-23,25-29H,9-12,14-21H2,1-8H3. The Labute approximate surface area is 217 Å². The molecule has 2 heteroatoms. The first-order chi connectivity index (χ1) is 16.4. The Hall–Kier alpha value is -0.790. The molecule has 3 saturated carbocycles. The second kappa shape index (κ2) is 10.2. The number of allylic oxidation sites excluding steroid dienone is 1. The predicted molar refractivity (Wildman–Crippen MR) is 147 cm³/mol. The van der Waals surface area contributed by atoms with Gasteiger partial charge in [0.25, 0.3) is 0 Å². The number of carbonyl (C=O) groups is 1. The average molecular weight is 485 g/mol. The molecule has 200 valence electrons. The largest absolute Gasteiger partial charge is 0.462 e. The quantitative estimate of drug-likeness (QED) is 0.266. The fraction of sp³-hybridized carbons (Fsp3) is 0.909. The topological polar surface area (TPSA) is 26.3 Å². The van der Waals surface area contributed by atoms with Crippen LogP contribution in [0.3, 0.4) is 0 Å². The van der Waals surface area contributed by atoms with Crippen LogP contribution in [0, 0.1) is 51.8 Å². The number of hydrogen-bond acceptors (Lipinski definition) is 2. The monoisotopic (exact) mass is 484 g/mol. The summed E-state index contributed by atoms with van der Waals surface area (Å²) < 4.78 is 5.99. The number of esters is 1. The van der Waals surface area contributed by atoms with Crippen LogP contribution < -0.4 is 0 Å². The van der Waals surface area contributed by atoms with Crippen LogP contribution in [0.1, 0.15) is 132 Å². The van der Waals surface area contributed by atoms with E-state index in [2.05, 4.69) is 40.7 Å². The van der Waals surface area contributed by atoms with Crippen LogP contribution in [0.4, 0.5) is 0 Å². The SMILES string of the molecule is CCC(C)CCCC(C)C1CCC2C3CC=C4CC(OC(=O)C(C)(C)C)CCC4(C)C3CCC12C. The Morgan fingerprint density at radius 1 is 1.06 bits per heavy atom. The first-order valence-electron chi connectivity index (χ1n) is 15.3. The van der Waals surface area contributed by atoms with Gasteiger partial charge in [0, 0.05) is 6.42 Å². The number of carbonyl (C=O) groups excluding carboxylic acids is 1. The summed E-state index contributed by atoms with van der Waals surface area (Å²) in [6.07, 6.45) is 18.5. The van der Waals surface area contributed by atoms with E-state index >= 15 is 0 Å². The zero-order valence-electron chi connectivity index (χ0n) is 24.4. The molecule has 35 heavy (non-hydrogen) atoms. The van der Waals surface area contributed by atoms with E-state index in [-0.39, 0.29) is 12.1 Å². The normalized spacial score (nSPS) is 40.7. The molecule has 0 heterocycles. The van der Waals surface area contributed by atoms with Crippen LogP contribution in [-0.2, 0) is 9.53 Å². The lowest BCUT2D eigenvalue weighted by molar-refractivity contribution is -0.161. The first-order valence-corrected chi connectivity index (χ1v) is 15.3. The number of fused-ring (bicyclic) bond motifs is 5. The summed E-state index contributed by atoms with van der Waals surface area (Å²) in [5.41, 5.74) is 2.09. The Kier molecular flexibility index (Phi) is 7.92. The van der Waals surface area contributed by atoms with Crippen molar-refractivity contribution in [3.8, 4) is 0 Å². The van der Waals surface area contributed by atoms with Gasteiger partial charge in [-0.15, -0.1) is 0 Å². The number of rotatable bonds is 7. The van der Waals surface area contributed by atoms with Gasteiger partial charge in [-0.3, -0.25) is 4.79 Å². The molecule has 2 nitrogen and oxygen atoms in total. The van der Waals surface area contributed by atoms with Crippen molar-refractivity contribution in [2.24, 2.45) is 51.8 Å². The van der Waals surface area contributed by atoms with E-state index in [1.807, 2.05) is 20.8 Å². The molecule has 0 bridgehead atoms. The third-order valence-electron chi connectivity index (χ3n) is 11.8. The van der Waals surface area contributed by atoms with Gasteiger partial charge < -0.3 is 4.74 Å². The molecule has 0 aromatic carbocycles.